The molecule has 1 aromatic carbocycles. The second kappa shape index (κ2) is 6.48. The van der Waals surface area contributed by atoms with E-state index in [0.717, 1.165) is 0 Å². The molecule has 0 aliphatic heterocycles. The Morgan fingerprint density at radius 3 is 2.65 bits per heavy atom. The molecule has 2 aromatic rings. The molecule has 1 heterocycles. The molecule has 0 atom stereocenters. The first-order valence-electron chi connectivity index (χ1n) is 6.44. The Morgan fingerprint density at radius 2 is 1.95 bits per heavy atom. The van der Waals surface area contributed by atoms with E-state index in [0.29, 0.717) is 24.2 Å². The SMILES string of the molecule is Cc1cc[n+](CCC(=O)Nc2ccccc2C#N)cc1. The largest absolute Gasteiger partial charge is 0.325 e. The standard InChI is InChI=1S/C16H15N3O/c1-13-6-9-19(10-7-13)11-8-16(20)18-15-5-3-2-4-14(15)12-17/h2-7,9-10H,8,11H2,1H3/p+1. The minimum absolute atomic E-state index is 0.0965. The zero-order chi connectivity index (χ0) is 14.4. The molecular formula is C16H16N3O+. The molecule has 0 unspecified atom stereocenters. The molecule has 2 rings (SSSR count). The van der Waals surface area contributed by atoms with Gasteiger partial charge >= 0.3 is 0 Å². The summed E-state index contributed by atoms with van der Waals surface area (Å²) in [6, 6.07) is 13.1. The van der Waals surface area contributed by atoms with Crippen LogP contribution in [-0.4, -0.2) is 5.91 Å². The molecule has 4 nitrogen and oxygen atoms in total. The van der Waals surface area contributed by atoms with E-state index in [4.69, 9.17) is 5.26 Å². The molecule has 0 aliphatic carbocycles. The number of benzene rings is 1. The number of hydrogen-bond acceptors (Lipinski definition) is 2. The monoisotopic (exact) mass is 266 g/mol. The summed E-state index contributed by atoms with van der Waals surface area (Å²) in [6.45, 7) is 2.64. The number of nitrogens with one attached hydrogen (secondary N) is 1. The summed E-state index contributed by atoms with van der Waals surface area (Å²) in [4.78, 5) is 11.9. The number of aryl methyl sites for hydroxylation is 2. The lowest BCUT2D eigenvalue weighted by Gasteiger charge is -2.05. The number of para-hydroxylation sites is 1. The maximum Gasteiger partial charge on any atom is 0.230 e. The fourth-order valence-corrected chi connectivity index (χ4v) is 1.81. The summed E-state index contributed by atoms with van der Waals surface area (Å²) in [5.74, 6) is -0.0965. The van der Waals surface area contributed by atoms with Gasteiger partial charge in [-0.1, -0.05) is 12.1 Å². The van der Waals surface area contributed by atoms with Crippen LogP contribution in [0.5, 0.6) is 0 Å². The van der Waals surface area contributed by atoms with Gasteiger partial charge in [-0.25, -0.2) is 4.57 Å². The maximum absolute atomic E-state index is 11.9. The fraction of sp³-hybridized carbons (Fsp3) is 0.188. The van der Waals surface area contributed by atoms with Crippen LogP contribution in [0.4, 0.5) is 5.69 Å². The highest BCUT2D eigenvalue weighted by atomic mass is 16.1. The van der Waals surface area contributed by atoms with Crippen molar-refractivity contribution in [2.45, 2.75) is 19.9 Å². The van der Waals surface area contributed by atoms with E-state index in [9.17, 15) is 4.79 Å². The summed E-state index contributed by atoms with van der Waals surface area (Å²) in [7, 11) is 0. The van der Waals surface area contributed by atoms with Crippen molar-refractivity contribution in [1.82, 2.24) is 0 Å². The first-order chi connectivity index (χ1) is 9.69. The van der Waals surface area contributed by atoms with E-state index in [1.807, 2.05) is 36.0 Å². The molecule has 100 valence electrons. The molecule has 0 saturated heterocycles. The van der Waals surface area contributed by atoms with E-state index in [1.165, 1.54) is 5.56 Å². The first kappa shape index (κ1) is 13.8. The average Bonchev–Trinajstić information content (AvgIpc) is 2.47. The van der Waals surface area contributed by atoms with Gasteiger partial charge in [0.1, 0.15) is 6.07 Å². The van der Waals surface area contributed by atoms with Gasteiger partial charge in [-0.2, -0.15) is 5.26 Å². The number of rotatable bonds is 4. The molecular weight excluding hydrogens is 250 g/mol. The predicted octanol–water partition coefficient (Wildman–Crippen LogP) is 2.18. The zero-order valence-corrected chi connectivity index (χ0v) is 11.3. The zero-order valence-electron chi connectivity index (χ0n) is 11.3. The van der Waals surface area contributed by atoms with Gasteiger partial charge in [0.15, 0.2) is 18.9 Å². The normalized spacial score (nSPS) is 9.80. The maximum atomic E-state index is 11.9. The summed E-state index contributed by atoms with van der Waals surface area (Å²) >= 11 is 0. The van der Waals surface area contributed by atoms with Gasteiger partial charge in [0.2, 0.25) is 5.91 Å². The van der Waals surface area contributed by atoms with E-state index < -0.39 is 0 Å². The van der Waals surface area contributed by atoms with Crippen molar-refractivity contribution < 1.29 is 9.36 Å². The first-order valence-corrected chi connectivity index (χ1v) is 6.44. The molecule has 0 bridgehead atoms. The van der Waals surface area contributed by atoms with Gasteiger partial charge in [0.25, 0.3) is 0 Å². The third kappa shape index (κ3) is 3.66. The molecule has 0 aliphatic rings. The van der Waals surface area contributed by atoms with Gasteiger partial charge in [0.05, 0.1) is 17.7 Å². The number of aromatic nitrogens is 1. The molecule has 0 fully saturated rings. The number of anilines is 1. The second-order valence-corrected chi connectivity index (χ2v) is 4.57. The van der Waals surface area contributed by atoms with Crippen molar-refractivity contribution in [1.29, 1.82) is 5.26 Å². The lowest BCUT2D eigenvalue weighted by molar-refractivity contribution is -0.695. The van der Waals surface area contributed by atoms with Crippen LogP contribution >= 0.6 is 0 Å². The summed E-state index contributed by atoms with van der Waals surface area (Å²) in [6.07, 6.45) is 4.27. The third-order valence-electron chi connectivity index (χ3n) is 2.98. The van der Waals surface area contributed by atoms with Gasteiger partial charge in [-0.3, -0.25) is 4.79 Å². The Morgan fingerprint density at radius 1 is 1.25 bits per heavy atom. The molecule has 1 aromatic heterocycles. The van der Waals surface area contributed by atoms with Crippen molar-refractivity contribution in [3.05, 3.63) is 59.9 Å². The van der Waals surface area contributed by atoms with E-state index in [1.54, 1.807) is 24.3 Å². The van der Waals surface area contributed by atoms with Crippen LogP contribution in [0, 0.1) is 18.3 Å². The van der Waals surface area contributed by atoms with Crippen LogP contribution < -0.4 is 9.88 Å². The molecule has 0 spiro atoms. The lowest BCUT2D eigenvalue weighted by Crippen LogP contribution is -2.34. The van der Waals surface area contributed by atoms with Gasteiger partial charge in [-0.05, 0) is 24.6 Å². The summed E-state index contributed by atoms with van der Waals surface area (Å²) in [5.41, 5.74) is 2.23. The quantitative estimate of drug-likeness (QED) is 0.862. The van der Waals surface area contributed by atoms with Crippen molar-refractivity contribution in [2.24, 2.45) is 0 Å². The second-order valence-electron chi connectivity index (χ2n) is 4.57. The van der Waals surface area contributed by atoms with E-state index in [-0.39, 0.29) is 5.91 Å². The number of amides is 1. The van der Waals surface area contributed by atoms with Crippen LogP contribution in [-0.2, 0) is 11.3 Å². The highest BCUT2D eigenvalue weighted by molar-refractivity contribution is 5.91. The third-order valence-corrected chi connectivity index (χ3v) is 2.98. The van der Waals surface area contributed by atoms with Crippen molar-refractivity contribution >= 4 is 11.6 Å². The smallest absolute Gasteiger partial charge is 0.230 e. The predicted molar refractivity (Wildman–Crippen MR) is 75.8 cm³/mol. The topological polar surface area (TPSA) is 56.8 Å². The molecule has 0 saturated carbocycles. The molecule has 1 amide bonds. The Kier molecular flexibility index (Phi) is 4.46. The molecule has 20 heavy (non-hydrogen) atoms. The Bertz CT molecular complexity index is 642. The number of nitriles is 1. The van der Waals surface area contributed by atoms with Gasteiger partial charge < -0.3 is 5.32 Å². The molecule has 4 heteroatoms. The Hall–Kier alpha value is -2.67. The molecule has 1 N–H and O–H groups in total. The van der Waals surface area contributed by atoms with E-state index in [2.05, 4.69) is 11.4 Å². The van der Waals surface area contributed by atoms with Crippen molar-refractivity contribution in [3.63, 3.8) is 0 Å². The number of nitrogens with zero attached hydrogens (tertiary/aromatic N) is 2. The highest BCUT2D eigenvalue weighted by Gasteiger charge is 2.09. The highest BCUT2D eigenvalue weighted by Crippen LogP contribution is 2.13. The summed E-state index contributed by atoms with van der Waals surface area (Å²) < 4.78 is 1.96. The average molecular weight is 266 g/mol. The fourth-order valence-electron chi connectivity index (χ4n) is 1.81. The van der Waals surface area contributed by atoms with Crippen LogP contribution in [0.15, 0.2) is 48.8 Å². The van der Waals surface area contributed by atoms with Gasteiger partial charge in [0, 0.05) is 12.1 Å². The van der Waals surface area contributed by atoms with Crippen LogP contribution in [0.3, 0.4) is 0 Å². The van der Waals surface area contributed by atoms with Crippen molar-refractivity contribution in [2.75, 3.05) is 5.32 Å². The lowest BCUT2D eigenvalue weighted by atomic mass is 10.2. The Labute approximate surface area is 118 Å². The van der Waals surface area contributed by atoms with Crippen LogP contribution in [0.25, 0.3) is 0 Å². The number of carbonyl (C=O) groups excluding carboxylic acids is 1. The number of carbonyl (C=O) groups is 1. The van der Waals surface area contributed by atoms with Crippen LogP contribution in [0.2, 0.25) is 0 Å². The van der Waals surface area contributed by atoms with E-state index >= 15 is 0 Å². The minimum atomic E-state index is -0.0965. The van der Waals surface area contributed by atoms with Gasteiger partial charge in [-0.15, -0.1) is 0 Å². The summed E-state index contributed by atoms with van der Waals surface area (Å²) in [5, 5.41) is 11.7. The molecule has 0 radical (unpaired) electrons. The Balaban J connectivity index is 1.93. The number of pyridine rings is 1. The van der Waals surface area contributed by atoms with Crippen molar-refractivity contribution in [3.8, 4) is 6.07 Å². The minimum Gasteiger partial charge on any atom is -0.325 e. The van der Waals surface area contributed by atoms with Crippen LogP contribution in [0.1, 0.15) is 17.5 Å². The number of hydrogen-bond donors (Lipinski definition) is 1.